The third-order valence-electron chi connectivity index (χ3n) is 1.29. The summed E-state index contributed by atoms with van der Waals surface area (Å²) in [4.78, 5) is 0. The number of ether oxygens (including phenoxy) is 2. The SMILES string of the molecule is O=S(=O)(O)OCCOCCOCCOS(=O)(=O)O. The highest BCUT2D eigenvalue weighted by Crippen LogP contribution is 1.88. The summed E-state index contributed by atoms with van der Waals surface area (Å²) >= 11 is 0. The van der Waals surface area contributed by atoms with E-state index in [2.05, 4.69) is 8.37 Å². The van der Waals surface area contributed by atoms with E-state index in [1.807, 2.05) is 0 Å². The molecule has 0 aromatic carbocycles. The molecule has 0 saturated heterocycles. The molecular weight excluding hydrogens is 296 g/mol. The Kier molecular flexibility index (Phi) is 8.54. The molecule has 0 heterocycles. The fourth-order valence-electron chi connectivity index (χ4n) is 0.718. The van der Waals surface area contributed by atoms with Gasteiger partial charge in [0.15, 0.2) is 0 Å². The minimum absolute atomic E-state index is 0.0648. The van der Waals surface area contributed by atoms with Crippen LogP contribution in [0.25, 0.3) is 0 Å². The van der Waals surface area contributed by atoms with E-state index in [-0.39, 0.29) is 39.6 Å². The van der Waals surface area contributed by atoms with Crippen molar-refractivity contribution in [2.75, 3.05) is 39.6 Å². The maximum atomic E-state index is 10.1. The predicted molar refractivity (Wildman–Crippen MR) is 56.6 cm³/mol. The quantitative estimate of drug-likeness (QED) is 0.347. The Morgan fingerprint density at radius 3 is 1.17 bits per heavy atom. The van der Waals surface area contributed by atoms with Gasteiger partial charge in [-0.3, -0.25) is 9.11 Å². The van der Waals surface area contributed by atoms with E-state index in [4.69, 9.17) is 18.6 Å². The summed E-state index contributed by atoms with van der Waals surface area (Å²) in [5, 5.41) is 0. The topological polar surface area (TPSA) is 146 Å². The summed E-state index contributed by atoms with van der Waals surface area (Å²) in [6, 6.07) is 0. The second-order valence-corrected chi connectivity index (χ2v) is 4.91. The first kappa shape index (κ1) is 17.7. The lowest BCUT2D eigenvalue weighted by molar-refractivity contribution is 0.0264. The molecule has 10 nitrogen and oxygen atoms in total. The van der Waals surface area contributed by atoms with Gasteiger partial charge in [-0.1, -0.05) is 0 Å². The molecule has 2 N–H and O–H groups in total. The minimum atomic E-state index is -4.45. The van der Waals surface area contributed by atoms with Crippen molar-refractivity contribution in [2.24, 2.45) is 0 Å². The Bertz CT molecular complexity index is 358. The van der Waals surface area contributed by atoms with Crippen molar-refractivity contribution in [3.63, 3.8) is 0 Å². The largest absolute Gasteiger partial charge is 0.397 e. The maximum absolute atomic E-state index is 10.1. The molecule has 0 spiro atoms. The minimum Gasteiger partial charge on any atom is -0.377 e. The van der Waals surface area contributed by atoms with Crippen molar-refractivity contribution in [2.45, 2.75) is 0 Å². The summed E-state index contributed by atoms with van der Waals surface area (Å²) in [5.74, 6) is 0. The van der Waals surface area contributed by atoms with Crippen molar-refractivity contribution in [1.29, 1.82) is 0 Å². The van der Waals surface area contributed by atoms with Crippen molar-refractivity contribution in [1.82, 2.24) is 0 Å². The fraction of sp³-hybridized carbons (Fsp3) is 1.00. The molecule has 0 amide bonds. The molecule has 0 rings (SSSR count). The van der Waals surface area contributed by atoms with Gasteiger partial charge in [-0.15, -0.1) is 0 Å². The molecule has 110 valence electrons. The third kappa shape index (κ3) is 15.7. The molecule has 12 heteroatoms. The fourth-order valence-corrected chi connectivity index (χ4v) is 1.28. The predicted octanol–water partition coefficient (Wildman–Crippen LogP) is -1.34. The lowest BCUT2D eigenvalue weighted by Crippen LogP contribution is -2.14. The molecule has 18 heavy (non-hydrogen) atoms. The van der Waals surface area contributed by atoms with Gasteiger partial charge in [0.2, 0.25) is 0 Å². The van der Waals surface area contributed by atoms with E-state index in [1.165, 1.54) is 0 Å². The maximum Gasteiger partial charge on any atom is 0.397 e. The monoisotopic (exact) mass is 310 g/mol. The lowest BCUT2D eigenvalue weighted by atomic mass is 10.7. The molecule has 0 aliphatic rings. The third-order valence-corrected chi connectivity index (χ3v) is 2.22. The zero-order valence-electron chi connectivity index (χ0n) is 9.22. The summed E-state index contributed by atoms with van der Waals surface area (Å²) in [6.07, 6.45) is 0. The van der Waals surface area contributed by atoms with Gasteiger partial charge in [-0.25, -0.2) is 8.37 Å². The Morgan fingerprint density at radius 1 is 0.611 bits per heavy atom. The van der Waals surface area contributed by atoms with Gasteiger partial charge in [0.1, 0.15) is 0 Å². The van der Waals surface area contributed by atoms with Gasteiger partial charge in [0, 0.05) is 0 Å². The highest BCUT2D eigenvalue weighted by Gasteiger charge is 2.04. The Hall–Kier alpha value is -0.340. The molecule has 0 aromatic rings. The molecule has 0 atom stereocenters. The van der Waals surface area contributed by atoms with Gasteiger partial charge in [0.25, 0.3) is 0 Å². The zero-order valence-corrected chi connectivity index (χ0v) is 10.9. The van der Waals surface area contributed by atoms with Gasteiger partial charge in [-0.05, 0) is 0 Å². The molecule has 0 bridgehead atoms. The van der Waals surface area contributed by atoms with Crippen LogP contribution >= 0.6 is 0 Å². The van der Waals surface area contributed by atoms with Crippen LogP contribution in [0.4, 0.5) is 0 Å². The molecule has 0 aromatic heterocycles. The first-order valence-electron chi connectivity index (χ1n) is 4.60. The first-order chi connectivity index (χ1) is 8.21. The average Bonchev–Trinajstić information content (AvgIpc) is 2.17. The summed E-state index contributed by atoms with van der Waals surface area (Å²) < 4.78 is 74.3. The van der Waals surface area contributed by atoms with Crippen LogP contribution in [-0.2, 0) is 38.6 Å². The number of hydrogen-bond donors (Lipinski definition) is 2. The van der Waals surface area contributed by atoms with E-state index in [9.17, 15) is 16.8 Å². The van der Waals surface area contributed by atoms with Crippen LogP contribution < -0.4 is 0 Å². The van der Waals surface area contributed by atoms with Gasteiger partial charge in [-0.2, -0.15) is 16.8 Å². The smallest absolute Gasteiger partial charge is 0.377 e. The van der Waals surface area contributed by atoms with Crippen LogP contribution in [0.2, 0.25) is 0 Å². The molecule has 0 fully saturated rings. The number of rotatable bonds is 11. The van der Waals surface area contributed by atoms with Gasteiger partial charge < -0.3 is 9.47 Å². The van der Waals surface area contributed by atoms with Crippen molar-refractivity contribution < 1.29 is 43.8 Å². The van der Waals surface area contributed by atoms with E-state index < -0.39 is 20.8 Å². The zero-order chi connectivity index (χ0) is 14.1. The molecule has 0 unspecified atom stereocenters. The normalized spacial score (nSPS) is 12.8. The van der Waals surface area contributed by atoms with E-state index in [0.717, 1.165) is 0 Å². The van der Waals surface area contributed by atoms with E-state index in [0.29, 0.717) is 0 Å². The second-order valence-electron chi connectivity index (χ2n) is 2.72. The van der Waals surface area contributed by atoms with Crippen LogP contribution in [0.3, 0.4) is 0 Å². The van der Waals surface area contributed by atoms with Crippen LogP contribution in [0.1, 0.15) is 0 Å². The standard InChI is InChI=1S/C6H14O10S2/c7-17(8,9)15-5-3-13-1-2-14-4-6-16-18(10,11)12/h1-6H2,(H,7,8,9)(H,10,11,12). The second kappa shape index (κ2) is 8.71. The Labute approximate surface area is 105 Å². The Balaban J connectivity index is 3.22. The molecule has 0 aliphatic carbocycles. The molecule has 0 saturated carbocycles. The van der Waals surface area contributed by atoms with Crippen molar-refractivity contribution in [3.05, 3.63) is 0 Å². The van der Waals surface area contributed by atoms with E-state index >= 15 is 0 Å². The van der Waals surface area contributed by atoms with Crippen LogP contribution in [0.5, 0.6) is 0 Å². The molecule has 0 radical (unpaired) electrons. The highest BCUT2D eigenvalue weighted by molar-refractivity contribution is 7.81. The van der Waals surface area contributed by atoms with Crippen LogP contribution in [0.15, 0.2) is 0 Å². The molecular formula is C6H14O10S2. The van der Waals surface area contributed by atoms with Crippen molar-refractivity contribution >= 4 is 20.8 Å². The van der Waals surface area contributed by atoms with Crippen LogP contribution in [-0.4, -0.2) is 65.6 Å². The average molecular weight is 310 g/mol. The van der Waals surface area contributed by atoms with Crippen LogP contribution in [0, 0.1) is 0 Å². The van der Waals surface area contributed by atoms with Gasteiger partial charge in [0.05, 0.1) is 39.6 Å². The summed E-state index contributed by atoms with van der Waals surface area (Å²) in [5.41, 5.74) is 0. The lowest BCUT2D eigenvalue weighted by Gasteiger charge is -2.05. The van der Waals surface area contributed by atoms with E-state index in [1.54, 1.807) is 0 Å². The first-order valence-corrected chi connectivity index (χ1v) is 7.33. The Morgan fingerprint density at radius 2 is 0.889 bits per heavy atom. The summed E-state index contributed by atoms with van der Waals surface area (Å²) in [7, 11) is -8.90. The highest BCUT2D eigenvalue weighted by atomic mass is 32.3. The van der Waals surface area contributed by atoms with Crippen molar-refractivity contribution in [3.8, 4) is 0 Å². The molecule has 0 aliphatic heterocycles. The van der Waals surface area contributed by atoms with Gasteiger partial charge >= 0.3 is 20.8 Å². The number of hydrogen-bond acceptors (Lipinski definition) is 8. The summed E-state index contributed by atoms with van der Waals surface area (Å²) in [6.45, 7) is -0.563.